The third kappa shape index (κ3) is 6.00. The van der Waals surface area contributed by atoms with Gasteiger partial charge in [-0.05, 0) is 68.1 Å². The van der Waals surface area contributed by atoms with Crippen molar-refractivity contribution in [3.8, 4) is 0 Å². The number of benzene rings is 1. The van der Waals surface area contributed by atoms with Crippen molar-refractivity contribution in [1.82, 2.24) is 15.6 Å². The first kappa shape index (κ1) is 25.2. The van der Waals surface area contributed by atoms with Crippen molar-refractivity contribution < 1.29 is 18.8 Å². The maximum atomic E-state index is 13.8. The number of anilines is 1. The fourth-order valence-electron chi connectivity index (χ4n) is 4.72. The minimum absolute atomic E-state index is 0.0744. The molecule has 1 aliphatic rings. The highest BCUT2D eigenvalue weighted by atomic mass is 16.3. The van der Waals surface area contributed by atoms with Crippen LogP contribution in [0.3, 0.4) is 0 Å². The molecule has 1 aliphatic carbocycles. The van der Waals surface area contributed by atoms with Crippen molar-refractivity contribution in [2.45, 2.75) is 58.0 Å². The van der Waals surface area contributed by atoms with Gasteiger partial charge in [0.1, 0.15) is 6.04 Å². The lowest BCUT2D eigenvalue weighted by Crippen LogP contribution is -2.50. The number of hydrogen-bond acceptors (Lipinski definition) is 5. The van der Waals surface area contributed by atoms with Gasteiger partial charge in [-0.3, -0.25) is 24.3 Å². The fourth-order valence-corrected chi connectivity index (χ4v) is 4.72. The second kappa shape index (κ2) is 11.7. The van der Waals surface area contributed by atoms with Crippen molar-refractivity contribution >= 4 is 23.4 Å². The van der Waals surface area contributed by atoms with Crippen LogP contribution in [0.4, 0.5) is 5.69 Å². The highest BCUT2D eigenvalue weighted by molar-refractivity contribution is 6.04. The molecule has 2 aromatic heterocycles. The summed E-state index contributed by atoms with van der Waals surface area (Å²) in [5.74, 6) is -1.05. The first-order chi connectivity index (χ1) is 17.4. The molecule has 0 radical (unpaired) electrons. The van der Waals surface area contributed by atoms with E-state index in [9.17, 15) is 14.4 Å². The zero-order valence-electron chi connectivity index (χ0n) is 20.7. The molecule has 2 heterocycles. The van der Waals surface area contributed by atoms with Crippen molar-refractivity contribution in [2.75, 3.05) is 11.4 Å². The van der Waals surface area contributed by atoms with E-state index in [2.05, 4.69) is 15.6 Å². The van der Waals surface area contributed by atoms with Crippen LogP contribution in [0.15, 0.2) is 65.5 Å². The summed E-state index contributed by atoms with van der Waals surface area (Å²) in [6.45, 7) is 3.58. The molecular formula is C28H32N4O4. The summed E-state index contributed by atoms with van der Waals surface area (Å²) in [5.41, 5.74) is 3.15. The highest BCUT2D eigenvalue weighted by Gasteiger charge is 2.35. The van der Waals surface area contributed by atoms with E-state index < -0.39 is 17.9 Å². The van der Waals surface area contributed by atoms with Crippen molar-refractivity contribution in [3.05, 3.63) is 83.6 Å². The SMILES string of the molecule is Cc1ccc(N(C(=O)CNC(=O)c2ccco2)[C@H](C(=O)NC2CCCCC2)c2ccncc2)c(C)c1. The summed E-state index contributed by atoms with van der Waals surface area (Å²) in [4.78, 5) is 45.6. The molecule has 0 unspecified atom stereocenters. The van der Waals surface area contributed by atoms with E-state index in [4.69, 9.17) is 4.42 Å². The maximum absolute atomic E-state index is 13.8. The Labute approximate surface area is 211 Å². The van der Waals surface area contributed by atoms with Crippen LogP contribution in [0, 0.1) is 13.8 Å². The smallest absolute Gasteiger partial charge is 0.287 e. The van der Waals surface area contributed by atoms with Crippen LogP contribution < -0.4 is 15.5 Å². The highest BCUT2D eigenvalue weighted by Crippen LogP contribution is 2.31. The van der Waals surface area contributed by atoms with E-state index in [1.807, 2.05) is 32.0 Å². The molecule has 2 N–H and O–H groups in total. The topological polar surface area (TPSA) is 105 Å². The van der Waals surface area contributed by atoms with Crippen LogP contribution in [-0.2, 0) is 9.59 Å². The Kier molecular flexibility index (Phi) is 8.15. The third-order valence-electron chi connectivity index (χ3n) is 6.51. The van der Waals surface area contributed by atoms with Gasteiger partial charge in [-0.1, -0.05) is 37.0 Å². The molecule has 3 amide bonds. The van der Waals surface area contributed by atoms with Gasteiger partial charge in [0.25, 0.3) is 5.91 Å². The van der Waals surface area contributed by atoms with E-state index >= 15 is 0 Å². The number of hydrogen-bond donors (Lipinski definition) is 2. The summed E-state index contributed by atoms with van der Waals surface area (Å²) in [5, 5.41) is 5.81. The Hall–Kier alpha value is -3.94. The summed E-state index contributed by atoms with van der Waals surface area (Å²) < 4.78 is 5.14. The third-order valence-corrected chi connectivity index (χ3v) is 6.51. The number of carbonyl (C=O) groups excluding carboxylic acids is 3. The lowest BCUT2D eigenvalue weighted by Gasteiger charge is -2.34. The fraction of sp³-hybridized carbons (Fsp3) is 0.357. The Morgan fingerprint density at radius 2 is 1.81 bits per heavy atom. The number of furan rings is 1. The van der Waals surface area contributed by atoms with E-state index in [0.29, 0.717) is 11.3 Å². The van der Waals surface area contributed by atoms with Gasteiger partial charge in [-0.15, -0.1) is 0 Å². The van der Waals surface area contributed by atoms with E-state index in [0.717, 1.165) is 36.8 Å². The minimum Gasteiger partial charge on any atom is -0.459 e. The van der Waals surface area contributed by atoms with Gasteiger partial charge in [0.15, 0.2) is 5.76 Å². The zero-order valence-corrected chi connectivity index (χ0v) is 20.7. The predicted octanol–water partition coefficient (Wildman–Crippen LogP) is 4.24. The van der Waals surface area contributed by atoms with Gasteiger partial charge in [0.2, 0.25) is 11.8 Å². The van der Waals surface area contributed by atoms with Crippen LogP contribution >= 0.6 is 0 Å². The maximum Gasteiger partial charge on any atom is 0.287 e. The van der Waals surface area contributed by atoms with Gasteiger partial charge < -0.3 is 15.1 Å². The quantitative estimate of drug-likeness (QED) is 0.493. The largest absolute Gasteiger partial charge is 0.459 e. The number of aryl methyl sites for hydroxylation is 2. The van der Waals surface area contributed by atoms with E-state index in [-0.39, 0.29) is 24.3 Å². The number of carbonyl (C=O) groups is 3. The molecule has 0 spiro atoms. The summed E-state index contributed by atoms with van der Waals surface area (Å²) in [6, 6.07) is 11.5. The molecule has 8 nitrogen and oxygen atoms in total. The number of aromatic nitrogens is 1. The Morgan fingerprint density at radius 3 is 2.47 bits per heavy atom. The molecule has 1 atom stereocenters. The average Bonchev–Trinajstić information content (AvgIpc) is 3.42. The molecule has 188 valence electrons. The number of amides is 3. The van der Waals surface area contributed by atoms with Crippen LogP contribution in [0.2, 0.25) is 0 Å². The van der Waals surface area contributed by atoms with Crippen molar-refractivity contribution in [1.29, 1.82) is 0 Å². The van der Waals surface area contributed by atoms with Gasteiger partial charge in [0, 0.05) is 24.1 Å². The van der Waals surface area contributed by atoms with Crippen LogP contribution in [0.5, 0.6) is 0 Å². The van der Waals surface area contributed by atoms with Gasteiger partial charge in [-0.25, -0.2) is 0 Å². The molecular weight excluding hydrogens is 456 g/mol. The second-order valence-corrected chi connectivity index (χ2v) is 9.24. The molecule has 4 rings (SSSR count). The molecule has 0 aliphatic heterocycles. The summed E-state index contributed by atoms with van der Waals surface area (Å²) >= 11 is 0. The molecule has 1 fully saturated rings. The van der Waals surface area contributed by atoms with E-state index in [1.165, 1.54) is 23.7 Å². The molecule has 8 heteroatoms. The average molecular weight is 489 g/mol. The number of pyridine rings is 1. The van der Waals surface area contributed by atoms with Crippen LogP contribution in [0.1, 0.15) is 65.4 Å². The Balaban J connectivity index is 1.69. The number of nitrogens with zero attached hydrogens (tertiary/aromatic N) is 2. The minimum atomic E-state index is -0.927. The first-order valence-electron chi connectivity index (χ1n) is 12.4. The predicted molar refractivity (Wildman–Crippen MR) is 136 cm³/mol. The molecule has 1 aromatic carbocycles. The molecule has 0 bridgehead atoms. The van der Waals surface area contributed by atoms with Gasteiger partial charge >= 0.3 is 0 Å². The first-order valence-corrected chi connectivity index (χ1v) is 12.4. The number of nitrogens with one attached hydrogen (secondary N) is 2. The molecule has 36 heavy (non-hydrogen) atoms. The molecule has 0 saturated heterocycles. The lowest BCUT2D eigenvalue weighted by molar-refractivity contribution is -0.127. The van der Waals surface area contributed by atoms with Crippen molar-refractivity contribution in [2.24, 2.45) is 0 Å². The number of rotatable bonds is 8. The second-order valence-electron chi connectivity index (χ2n) is 9.24. The normalized spacial score (nSPS) is 14.6. The Morgan fingerprint density at radius 1 is 1.06 bits per heavy atom. The van der Waals surface area contributed by atoms with Gasteiger partial charge in [-0.2, -0.15) is 0 Å². The van der Waals surface area contributed by atoms with E-state index in [1.54, 1.807) is 30.6 Å². The summed E-state index contributed by atoms with van der Waals surface area (Å²) in [6.07, 6.45) is 9.78. The Bertz CT molecular complexity index is 1190. The van der Waals surface area contributed by atoms with Crippen LogP contribution in [0.25, 0.3) is 0 Å². The monoisotopic (exact) mass is 488 g/mol. The van der Waals surface area contributed by atoms with Crippen LogP contribution in [-0.4, -0.2) is 35.3 Å². The van der Waals surface area contributed by atoms with Gasteiger partial charge in [0.05, 0.1) is 12.8 Å². The zero-order chi connectivity index (χ0) is 25.5. The molecule has 1 saturated carbocycles. The molecule has 3 aromatic rings. The standard InChI is InChI=1S/C28H32N4O4/c1-19-10-11-23(20(2)17-19)32(25(33)18-30-27(34)24-9-6-16-36-24)26(21-12-14-29-15-13-21)28(35)31-22-7-4-3-5-8-22/h6,9-17,22,26H,3-5,7-8,18H2,1-2H3,(H,30,34)(H,31,35)/t26-/m0/s1. The summed E-state index contributed by atoms with van der Waals surface area (Å²) in [7, 11) is 0. The van der Waals surface area contributed by atoms with Crippen molar-refractivity contribution in [3.63, 3.8) is 0 Å². The lowest BCUT2D eigenvalue weighted by atomic mass is 9.94.